The van der Waals surface area contributed by atoms with E-state index in [-0.39, 0.29) is 18.5 Å². The molecule has 0 aromatic heterocycles. The average Bonchev–Trinajstić information content (AvgIpc) is 3.29. The van der Waals surface area contributed by atoms with Crippen molar-refractivity contribution < 1.29 is 24.5 Å². The van der Waals surface area contributed by atoms with Crippen LogP contribution in [-0.4, -0.2) is 47.4 Å². The van der Waals surface area contributed by atoms with E-state index in [4.69, 9.17) is 4.74 Å². The fraction of sp³-hybridized carbons (Fsp3) is 0.862. The van der Waals surface area contributed by atoms with Gasteiger partial charge in [-0.3, -0.25) is 9.59 Å². The molecule has 2 unspecified atom stereocenters. The molecule has 6 heteroatoms. The third-order valence-corrected chi connectivity index (χ3v) is 12.9. The monoisotopic (exact) mass is 900 g/mol. The number of rotatable bonds is 52. The Morgan fingerprint density at radius 2 is 0.734 bits per heavy atom. The molecule has 0 aliphatic heterocycles. The summed E-state index contributed by atoms with van der Waals surface area (Å²) in [5.74, 6) is -0.0912. The zero-order chi connectivity index (χ0) is 46.5. The number of allylic oxidation sites excluding steroid dienone is 5. The molecule has 0 radical (unpaired) electrons. The van der Waals surface area contributed by atoms with Gasteiger partial charge in [-0.25, -0.2) is 0 Å². The Bertz CT molecular complexity index is 1040. The highest BCUT2D eigenvalue weighted by Crippen LogP contribution is 2.16. The van der Waals surface area contributed by atoms with Gasteiger partial charge in [-0.05, 0) is 83.5 Å². The number of nitrogens with one attached hydrogen (secondary N) is 1. The van der Waals surface area contributed by atoms with E-state index >= 15 is 0 Å². The number of hydrogen-bond donors (Lipinski definition) is 3. The summed E-state index contributed by atoms with van der Waals surface area (Å²) in [6.45, 7) is 4.87. The zero-order valence-electron chi connectivity index (χ0n) is 42.8. The quantitative estimate of drug-likeness (QED) is 0.0321. The second-order valence-electron chi connectivity index (χ2n) is 19.3. The lowest BCUT2D eigenvalue weighted by molar-refractivity contribution is -0.143. The van der Waals surface area contributed by atoms with Gasteiger partial charge in [-0.1, -0.05) is 237 Å². The summed E-state index contributed by atoms with van der Waals surface area (Å²) in [5.41, 5.74) is 0. The molecule has 0 aromatic carbocycles. The number of hydrogen-bond acceptors (Lipinski definition) is 5. The minimum Gasteiger partial charge on any atom is -0.466 e. The van der Waals surface area contributed by atoms with Gasteiger partial charge in [-0.2, -0.15) is 0 Å². The molecule has 64 heavy (non-hydrogen) atoms. The van der Waals surface area contributed by atoms with Crippen LogP contribution in [0.15, 0.2) is 36.5 Å². The van der Waals surface area contributed by atoms with Crippen molar-refractivity contribution in [3.63, 3.8) is 0 Å². The van der Waals surface area contributed by atoms with Crippen molar-refractivity contribution in [1.82, 2.24) is 5.32 Å². The molecule has 376 valence electrons. The Morgan fingerprint density at radius 1 is 0.422 bits per heavy atom. The molecule has 1 amide bonds. The van der Waals surface area contributed by atoms with Crippen LogP contribution in [0.1, 0.15) is 296 Å². The van der Waals surface area contributed by atoms with Gasteiger partial charge in [0.2, 0.25) is 5.91 Å². The molecular formula is C58H109NO5. The van der Waals surface area contributed by atoms with Crippen LogP contribution >= 0.6 is 0 Å². The van der Waals surface area contributed by atoms with E-state index in [2.05, 4.69) is 43.5 Å². The van der Waals surface area contributed by atoms with E-state index < -0.39 is 12.1 Å². The highest BCUT2D eigenvalue weighted by molar-refractivity contribution is 5.76. The molecule has 0 heterocycles. The molecule has 0 fully saturated rings. The lowest BCUT2D eigenvalue weighted by atomic mass is 10.0. The summed E-state index contributed by atoms with van der Waals surface area (Å²) in [6, 6.07) is -0.637. The van der Waals surface area contributed by atoms with E-state index in [0.717, 1.165) is 57.8 Å². The highest BCUT2D eigenvalue weighted by atomic mass is 16.5. The third kappa shape index (κ3) is 49.5. The van der Waals surface area contributed by atoms with Gasteiger partial charge >= 0.3 is 5.97 Å². The molecule has 0 saturated carbocycles. The maximum absolute atomic E-state index is 12.4. The summed E-state index contributed by atoms with van der Waals surface area (Å²) in [7, 11) is 0. The van der Waals surface area contributed by atoms with Gasteiger partial charge < -0.3 is 20.3 Å². The maximum atomic E-state index is 12.4. The molecule has 6 nitrogen and oxygen atoms in total. The number of carbonyl (C=O) groups excluding carboxylic acids is 2. The smallest absolute Gasteiger partial charge is 0.305 e. The fourth-order valence-electron chi connectivity index (χ4n) is 8.50. The number of aliphatic hydroxyl groups excluding tert-OH is 2. The molecule has 2 atom stereocenters. The first kappa shape index (κ1) is 62.1. The van der Waals surface area contributed by atoms with Gasteiger partial charge in [0.1, 0.15) is 0 Å². The minimum absolute atomic E-state index is 0.0116. The van der Waals surface area contributed by atoms with Crippen molar-refractivity contribution in [3.8, 4) is 0 Å². The van der Waals surface area contributed by atoms with Crippen molar-refractivity contribution in [1.29, 1.82) is 0 Å². The van der Waals surface area contributed by atoms with Crippen LogP contribution in [0.3, 0.4) is 0 Å². The Hall–Kier alpha value is -1.92. The Balaban J connectivity index is 3.50. The van der Waals surface area contributed by atoms with Crippen molar-refractivity contribution in [3.05, 3.63) is 36.5 Å². The lowest BCUT2D eigenvalue weighted by Crippen LogP contribution is -2.45. The normalized spacial score (nSPS) is 12.9. The SMILES string of the molecule is CCCCCCC/C=C\CCCCCCCC(=O)OCCCCCCCC/C=C\CCCCCCCCCC(=O)NC(CO)C(O)/C=C/CCCCCCCCCCCCCCCC. The summed E-state index contributed by atoms with van der Waals surface area (Å²) in [4.78, 5) is 24.5. The molecule has 0 aromatic rings. The molecule has 3 N–H and O–H groups in total. The molecular weight excluding hydrogens is 791 g/mol. The van der Waals surface area contributed by atoms with Gasteiger partial charge in [0.15, 0.2) is 0 Å². The molecule has 0 spiro atoms. The van der Waals surface area contributed by atoms with Gasteiger partial charge in [0.25, 0.3) is 0 Å². The van der Waals surface area contributed by atoms with Crippen LogP contribution in [-0.2, 0) is 14.3 Å². The molecule has 0 aliphatic rings. The number of unbranched alkanes of at least 4 members (excludes halogenated alkanes) is 37. The zero-order valence-corrected chi connectivity index (χ0v) is 42.8. The number of ether oxygens (including phenoxy) is 1. The van der Waals surface area contributed by atoms with Crippen LogP contribution in [0, 0.1) is 0 Å². The fourth-order valence-corrected chi connectivity index (χ4v) is 8.50. The Labute approximate surface area is 398 Å². The topological polar surface area (TPSA) is 95.9 Å². The molecule has 0 rings (SSSR count). The standard InChI is InChI=1S/C58H109NO5/c1-3-5-7-9-11-13-15-17-19-23-26-30-34-38-42-46-50-56(61)55(54-60)59-57(62)51-47-43-39-35-31-27-24-21-20-22-25-29-33-37-41-45-49-53-64-58(63)52-48-44-40-36-32-28-18-16-14-12-10-8-6-4-2/h16,18,20,22,46,50,55-56,60-61H,3-15,17,19,21,23-45,47-49,51-54H2,1-2H3,(H,59,62)/b18-16-,22-20-,50-46+. The Morgan fingerprint density at radius 3 is 1.11 bits per heavy atom. The number of aliphatic hydroxyl groups is 2. The van der Waals surface area contributed by atoms with E-state index in [1.807, 2.05) is 6.08 Å². The van der Waals surface area contributed by atoms with E-state index in [1.54, 1.807) is 6.08 Å². The minimum atomic E-state index is -0.852. The second-order valence-corrected chi connectivity index (χ2v) is 19.3. The number of amides is 1. The lowest BCUT2D eigenvalue weighted by Gasteiger charge is -2.20. The summed E-state index contributed by atoms with van der Waals surface area (Å²) >= 11 is 0. The average molecular weight is 901 g/mol. The van der Waals surface area contributed by atoms with E-state index in [1.165, 1.54) is 212 Å². The van der Waals surface area contributed by atoms with Crippen LogP contribution in [0.4, 0.5) is 0 Å². The largest absolute Gasteiger partial charge is 0.466 e. The summed E-state index contributed by atoms with van der Waals surface area (Å²) in [6.07, 6.45) is 65.8. The highest BCUT2D eigenvalue weighted by Gasteiger charge is 2.18. The first-order chi connectivity index (χ1) is 31.5. The third-order valence-electron chi connectivity index (χ3n) is 12.9. The van der Waals surface area contributed by atoms with Crippen LogP contribution in [0.2, 0.25) is 0 Å². The van der Waals surface area contributed by atoms with Crippen LogP contribution in [0.5, 0.6) is 0 Å². The second kappa shape index (κ2) is 53.7. The molecule has 0 bridgehead atoms. The Kier molecular flexibility index (Phi) is 52.1. The van der Waals surface area contributed by atoms with Gasteiger partial charge in [0, 0.05) is 12.8 Å². The van der Waals surface area contributed by atoms with E-state index in [0.29, 0.717) is 19.4 Å². The van der Waals surface area contributed by atoms with Crippen molar-refractivity contribution in [2.45, 2.75) is 309 Å². The maximum Gasteiger partial charge on any atom is 0.305 e. The van der Waals surface area contributed by atoms with Gasteiger partial charge in [-0.15, -0.1) is 0 Å². The number of carbonyl (C=O) groups is 2. The first-order valence-corrected chi connectivity index (χ1v) is 28.3. The predicted molar refractivity (Wildman–Crippen MR) is 278 cm³/mol. The van der Waals surface area contributed by atoms with Crippen molar-refractivity contribution in [2.75, 3.05) is 13.2 Å². The first-order valence-electron chi connectivity index (χ1n) is 28.3. The molecule has 0 aliphatic carbocycles. The van der Waals surface area contributed by atoms with Gasteiger partial charge in [0.05, 0.1) is 25.4 Å². The van der Waals surface area contributed by atoms with Crippen molar-refractivity contribution >= 4 is 11.9 Å². The predicted octanol–water partition coefficient (Wildman–Crippen LogP) is 17.2. The number of esters is 1. The van der Waals surface area contributed by atoms with Crippen LogP contribution < -0.4 is 5.32 Å². The van der Waals surface area contributed by atoms with E-state index in [9.17, 15) is 19.8 Å². The summed E-state index contributed by atoms with van der Waals surface area (Å²) < 4.78 is 5.46. The summed E-state index contributed by atoms with van der Waals surface area (Å²) in [5, 5.41) is 23.1. The van der Waals surface area contributed by atoms with Crippen molar-refractivity contribution in [2.24, 2.45) is 0 Å². The molecule has 0 saturated heterocycles. The van der Waals surface area contributed by atoms with Crippen LogP contribution in [0.25, 0.3) is 0 Å².